The number of nitrogens with zero attached hydrogens (tertiary/aromatic N) is 4. The predicted molar refractivity (Wildman–Crippen MR) is 76.9 cm³/mol. The number of imidazole rings is 1. The highest BCUT2D eigenvalue weighted by atomic mass is 16.3. The van der Waals surface area contributed by atoms with Crippen LogP contribution in [-0.4, -0.2) is 32.6 Å². The second-order valence-electron chi connectivity index (χ2n) is 5.01. The van der Waals surface area contributed by atoms with E-state index in [9.17, 15) is 5.11 Å². The highest BCUT2D eigenvalue weighted by Crippen LogP contribution is 2.24. The van der Waals surface area contributed by atoms with Gasteiger partial charge in [0.05, 0.1) is 5.69 Å². The van der Waals surface area contributed by atoms with E-state index in [-0.39, 0.29) is 5.75 Å². The Morgan fingerprint density at radius 2 is 2.00 bits per heavy atom. The molecule has 0 unspecified atom stereocenters. The van der Waals surface area contributed by atoms with Gasteiger partial charge >= 0.3 is 0 Å². The molecule has 0 bridgehead atoms. The lowest BCUT2D eigenvalue weighted by Crippen LogP contribution is -2.37. The number of anilines is 1. The van der Waals surface area contributed by atoms with Crippen LogP contribution in [0, 0.1) is 0 Å². The molecule has 0 amide bonds. The van der Waals surface area contributed by atoms with Gasteiger partial charge < -0.3 is 10.0 Å². The standard InChI is InChI=1S/C15H14N4O/c20-12-4-1-3-11(9-12)13-10-19-8-5-14(17-15(19)16-13)18-6-2-7-18/h1,3-5,8-10,20H,2,6-7H2. The first-order chi connectivity index (χ1) is 9.79. The van der Waals surface area contributed by atoms with Crippen LogP contribution >= 0.6 is 0 Å². The van der Waals surface area contributed by atoms with E-state index in [2.05, 4.69) is 14.9 Å². The first kappa shape index (κ1) is 11.3. The van der Waals surface area contributed by atoms with Crippen molar-refractivity contribution in [2.24, 2.45) is 0 Å². The summed E-state index contributed by atoms with van der Waals surface area (Å²) in [6.45, 7) is 2.15. The van der Waals surface area contributed by atoms with E-state index in [4.69, 9.17) is 0 Å². The third kappa shape index (κ3) is 1.79. The summed E-state index contributed by atoms with van der Waals surface area (Å²) in [4.78, 5) is 11.4. The number of benzene rings is 1. The quantitative estimate of drug-likeness (QED) is 0.773. The molecule has 1 fully saturated rings. The van der Waals surface area contributed by atoms with Gasteiger partial charge in [-0.05, 0) is 24.6 Å². The Kier molecular flexibility index (Phi) is 2.39. The Balaban J connectivity index is 1.78. The summed E-state index contributed by atoms with van der Waals surface area (Å²) >= 11 is 0. The Hall–Kier alpha value is -2.56. The summed E-state index contributed by atoms with van der Waals surface area (Å²) in [5.74, 6) is 1.92. The maximum Gasteiger partial charge on any atom is 0.236 e. The van der Waals surface area contributed by atoms with Gasteiger partial charge in [0.25, 0.3) is 0 Å². The SMILES string of the molecule is Oc1cccc(-c2cn3ccc(N4CCC4)nc3n2)c1. The zero-order valence-corrected chi connectivity index (χ0v) is 10.9. The molecule has 5 nitrogen and oxygen atoms in total. The second kappa shape index (κ2) is 4.23. The minimum Gasteiger partial charge on any atom is -0.508 e. The van der Waals surface area contributed by atoms with E-state index in [1.807, 2.05) is 35.0 Å². The van der Waals surface area contributed by atoms with Crippen molar-refractivity contribution in [3.05, 3.63) is 42.7 Å². The molecule has 100 valence electrons. The second-order valence-corrected chi connectivity index (χ2v) is 5.01. The number of hydrogen-bond acceptors (Lipinski definition) is 4. The van der Waals surface area contributed by atoms with Gasteiger partial charge in [-0.2, -0.15) is 4.98 Å². The van der Waals surface area contributed by atoms with Gasteiger partial charge in [-0.3, -0.25) is 4.40 Å². The van der Waals surface area contributed by atoms with Crippen LogP contribution in [0.4, 0.5) is 5.82 Å². The fourth-order valence-corrected chi connectivity index (χ4v) is 2.39. The number of phenolic OH excluding ortho intramolecular Hbond substituents is 1. The van der Waals surface area contributed by atoms with Crippen molar-refractivity contribution in [1.29, 1.82) is 0 Å². The van der Waals surface area contributed by atoms with Crippen LogP contribution in [0.2, 0.25) is 0 Å². The smallest absolute Gasteiger partial charge is 0.236 e. The molecular formula is C15H14N4O. The van der Waals surface area contributed by atoms with Crippen molar-refractivity contribution < 1.29 is 5.11 Å². The molecule has 4 rings (SSSR count). The summed E-state index contributed by atoms with van der Waals surface area (Å²) in [7, 11) is 0. The summed E-state index contributed by atoms with van der Waals surface area (Å²) in [6, 6.07) is 9.11. The van der Waals surface area contributed by atoms with Crippen molar-refractivity contribution >= 4 is 11.6 Å². The van der Waals surface area contributed by atoms with E-state index in [0.29, 0.717) is 5.78 Å². The summed E-state index contributed by atoms with van der Waals surface area (Å²) in [6.07, 6.45) is 5.14. The molecule has 1 N–H and O–H groups in total. The van der Waals surface area contributed by atoms with Crippen LogP contribution < -0.4 is 4.90 Å². The highest BCUT2D eigenvalue weighted by molar-refractivity contribution is 5.63. The van der Waals surface area contributed by atoms with Gasteiger partial charge in [-0.25, -0.2) is 4.98 Å². The van der Waals surface area contributed by atoms with Crippen molar-refractivity contribution in [2.75, 3.05) is 18.0 Å². The highest BCUT2D eigenvalue weighted by Gasteiger charge is 2.16. The zero-order valence-electron chi connectivity index (χ0n) is 10.9. The van der Waals surface area contributed by atoms with Crippen LogP contribution in [-0.2, 0) is 0 Å². The number of aromatic hydroxyl groups is 1. The maximum atomic E-state index is 9.55. The molecule has 3 heterocycles. The fraction of sp³-hybridized carbons (Fsp3) is 0.200. The van der Waals surface area contributed by atoms with Crippen molar-refractivity contribution in [2.45, 2.75) is 6.42 Å². The largest absolute Gasteiger partial charge is 0.508 e. The molecule has 3 aromatic rings. The Morgan fingerprint density at radius 3 is 2.75 bits per heavy atom. The molecule has 5 heteroatoms. The molecule has 0 aliphatic carbocycles. The third-order valence-corrected chi connectivity index (χ3v) is 3.63. The molecule has 1 aliphatic rings. The fourth-order valence-electron chi connectivity index (χ4n) is 2.39. The van der Waals surface area contributed by atoms with Crippen molar-refractivity contribution in [3.8, 4) is 17.0 Å². The van der Waals surface area contributed by atoms with Crippen molar-refractivity contribution in [3.63, 3.8) is 0 Å². The summed E-state index contributed by atoms with van der Waals surface area (Å²) in [5, 5.41) is 9.55. The molecule has 20 heavy (non-hydrogen) atoms. The number of rotatable bonds is 2. The molecule has 0 saturated carbocycles. The molecule has 0 atom stereocenters. The molecule has 0 spiro atoms. The normalized spacial score (nSPS) is 14.5. The zero-order chi connectivity index (χ0) is 13.5. The number of phenols is 1. The predicted octanol–water partition coefficient (Wildman–Crippen LogP) is 2.31. The Labute approximate surface area is 116 Å². The molecular weight excluding hydrogens is 252 g/mol. The minimum atomic E-state index is 0.244. The number of fused-ring (bicyclic) bond motifs is 1. The molecule has 0 radical (unpaired) electrons. The topological polar surface area (TPSA) is 53.7 Å². The van der Waals surface area contributed by atoms with Gasteiger partial charge in [0.2, 0.25) is 5.78 Å². The van der Waals surface area contributed by atoms with Crippen LogP contribution in [0.3, 0.4) is 0 Å². The molecule has 1 aliphatic heterocycles. The van der Waals surface area contributed by atoms with E-state index in [1.165, 1.54) is 6.42 Å². The third-order valence-electron chi connectivity index (χ3n) is 3.63. The van der Waals surface area contributed by atoms with Crippen LogP contribution in [0.15, 0.2) is 42.7 Å². The Morgan fingerprint density at radius 1 is 1.10 bits per heavy atom. The molecule has 1 saturated heterocycles. The summed E-state index contributed by atoms with van der Waals surface area (Å²) in [5.41, 5.74) is 1.70. The lowest BCUT2D eigenvalue weighted by atomic mass is 10.2. The minimum absolute atomic E-state index is 0.244. The molecule has 2 aromatic heterocycles. The van der Waals surface area contributed by atoms with E-state index >= 15 is 0 Å². The summed E-state index contributed by atoms with van der Waals surface area (Å²) < 4.78 is 1.91. The first-order valence-corrected chi connectivity index (χ1v) is 6.70. The van der Waals surface area contributed by atoms with Crippen LogP contribution in [0.1, 0.15) is 6.42 Å². The van der Waals surface area contributed by atoms with Gasteiger partial charge in [0, 0.05) is 31.0 Å². The average Bonchev–Trinajstić information content (AvgIpc) is 2.80. The maximum absolute atomic E-state index is 9.55. The van der Waals surface area contributed by atoms with Gasteiger partial charge in [-0.15, -0.1) is 0 Å². The first-order valence-electron chi connectivity index (χ1n) is 6.70. The van der Waals surface area contributed by atoms with E-state index in [0.717, 1.165) is 30.2 Å². The van der Waals surface area contributed by atoms with Crippen LogP contribution in [0.25, 0.3) is 17.0 Å². The lowest BCUT2D eigenvalue weighted by Gasteiger charge is -2.31. The Bertz CT molecular complexity index is 776. The van der Waals surface area contributed by atoms with E-state index < -0.39 is 0 Å². The van der Waals surface area contributed by atoms with Crippen LogP contribution in [0.5, 0.6) is 5.75 Å². The molecule has 1 aromatic carbocycles. The lowest BCUT2D eigenvalue weighted by molar-refractivity contribution is 0.475. The van der Waals surface area contributed by atoms with Crippen molar-refractivity contribution in [1.82, 2.24) is 14.4 Å². The number of hydrogen-bond donors (Lipinski definition) is 1. The van der Waals surface area contributed by atoms with Gasteiger partial charge in [0.15, 0.2) is 0 Å². The average molecular weight is 266 g/mol. The van der Waals surface area contributed by atoms with Gasteiger partial charge in [0.1, 0.15) is 11.6 Å². The monoisotopic (exact) mass is 266 g/mol. The van der Waals surface area contributed by atoms with E-state index in [1.54, 1.807) is 12.1 Å². The number of aromatic nitrogens is 3. The van der Waals surface area contributed by atoms with Gasteiger partial charge in [-0.1, -0.05) is 12.1 Å².